The van der Waals surface area contributed by atoms with Crippen molar-refractivity contribution in [2.75, 3.05) is 0 Å². The lowest BCUT2D eigenvalue weighted by Gasteiger charge is -2.34. The second-order valence-corrected chi connectivity index (χ2v) is 6.29. The average molecular weight is 341 g/mol. The van der Waals surface area contributed by atoms with Crippen molar-refractivity contribution in [1.82, 2.24) is 19.9 Å². The quantitative estimate of drug-likeness (QED) is 0.783. The van der Waals surface area contributed by atoms with E-state index in [0.29, 0.717) is 11.5 Å². The Morgan fingerprint density at radius 2 is 2.08 bits per heavy atom. The first-order chi connectivity index (χ1) is 12.0. The van der Waals surface area contributed by atoms with Gasteiger partial charge in [0.2, 0.25) is 5.43 Å². The largest absolute Gasteiger partial charge is 0.332 e. The second-order valence-electron chi connectivity index (χ2n) is 6.29. The van der Waals surface area contributed by atoms with Crippen molar-refractivity contribution >= 4 is 0 Å². The minimum Gasteiger partial charge on any atom is -0.332 e. The number of aromatic nitrogens is 4. The van der Waals surface area contributed by atoms with Crippen LogP contribution < -0.4 is 11.2 Å². The highest BCUT2D eigenvalue weighted by Gasteiger charge is 2.39. The molecule has 25 heavy (non-hydrogen) atoms. The van der Waals surface area contributed by atoms with Crippen LogP contribution in [0.25, 0.3) is 17.3 Å². The molecule has 0 atom stereocenters. The maximum Gasteiger partial charge on any atom is 0.282 e. The van der Waals surface area contributed by atoms with Crippen molar-refractivity contribution in [3.8, 4) is 17.3 Å². The minimum absolute atomic E-state index is 0.0122. The van der Waals surface area contributed by atoms with Crippen LogP contribution in [0.5, 0.6) is 0 Å². The van der Waals surface area contributed by atoms with Gasteiger partial charge in [-0.2, -0.15) is 10.1 Å². The molecule has 1 aliphatic rings. The number of aryl methyl sites for hydroxylation is 1. The third kappa shape index (κ3) is 2.54. The molecule has 0 saturated heterocycles. The lowest BCUT2D eigenvalue weighted by atomic mass is 9.77. The van der Waals surface area contributed by atoms with E-state index in [-0.39, 0.29) is 22.7 Å². The summed E-state index contributed by atoms with van der Waals surface area (Å²) in [5.41, 5.74) is 5.90. The predicted molar refractivity (Wildman–Crippen MR) is 87.5 cm³/mol. The fourth-order valence-electron chi connectivity index (χ4n) is 2.87. The van der Waals surface area contributed by atoms with Gasteiger partial charge in [0.25, 0.3) is 5.89 Å². The molecule has 0 radical (unpaired) electrons. The highest BCUT2D eigenvalue weighted by atomic mass is 19.1. The van der Waals surface area contributed by atoms with Gasteiger partial charge in [0, 0.05) is 11.8 Å². The van der Waals surface area contributed by atoms with Gasteiger partial charge in [-0.25, -0.2) is 9.07 Å². The summed E-state index contributed by atoms with van der Waals surface area (Å²) < 4.78 is 20.6. The van der Waals surface area contributed by atoms with E-state index in [9.17, 15) is 9.18 Å². The maximum absolute atomic E-state index is 14.1. The van der Waals surface area contributed by atoms with Crippen molar-refractivity contribution in [3.05, 3.63) is 57.9 Å². The minimum atomic E-state index is -0.600. The third-order valence-electron chi connectivity index (χ3n) is 4.51. The summed E-state index contributed by atoms with van der Waals surface area (Å²) in [5, 5.41) is 8.14. The Balaban J connectivity index is 1.82. The van der Waals surface area contributed by atoms with Crippen LogP contribution in [-0.4, -0.2) is 19.9 Å². The SMILES string of the molecule is Cc1cc(=O)c(-c2nc(C3(N)CCC3)no2)nn1-c1ccccc1F. The number of hydrogen-bond donors (Lipinski definition) is 1. The molecule has 1 aromatic carbocycles. The van der Waals surface area contributed by atoms with Gasteiger partial charge in [0.05, 0.1) is 5.54 Å². The Morgan fingerprint density at radius 3 is 2.76 bits per heavy atom. The molecule has 2 heterocycles. The number of nitrogens with zero attached hydrogens (tertiary/aromatic N) is 4. The topological polar surface area (TPSA) is 99.8 Å². The van der Waals surface area contributed by atoms with Crippen LogP contribution in [0, 0.1) is 12.7 Å². The molecule has 3 aromatic rings. The molecule has 1 fully saturated rings. The average Bonchev–Trinajstić information content (AvgIpc) is 3.04. The maximum atomic E-state index is 14.1. The Bertz CT molecular complexity index is 1010. The van der Waals surface area contributed by atoms with E-state index in [1.165, 1.54) is 16.8 Å². The summed E-state index contributed by atoms with van der Waals surface area (Å²) in [5.74, 6) is -0.0934. The standard InChI is InChI=1S/C17H16FN5O2/c1-10-9-13(24)14(21-23(10)12-6-3-2-5-11(12)18)15-20-16(22-25-15)17(19)7-4-8-17/h2-3,5-6,9H,4,7-8,19H2,1H3. The van der Waals surface area contributed by atoms with Gasteiger partial charge in [0.15, 0.2) is 11.5 Å². The second kappa shape index (κ2) is 5.59. The molecule has 0 spiro atoms. The van der Waals surface area contributed by atoms with Crippen LogP contribution in [0.15, 0.2) is 39.6 Å². The number of hydrogen-bond acceptors (Lipinski definition) is 6. The lowest BCUT2D eigenvalue weighted by Crippen LogP contribution is -2.44. The van der Waals surface area contributed by atoms with E-state index in [1.54, 1.807) is 25.1 Å². The van der Waals surface area contributed by atoms with Crippen LogP contribution in [-0.2, 0) is 5.54 Å². The van der Waals surface area contributed by atoms with E-state index in [2.05, 4.69) is 15.2 Å². The Hall–Kier alpha value is -2.87. The molecule has 2 N–H and O–H groups in total. The van der Waals surface area contributed by atoms with E-state index in [1.807, 2.05) is 0 Å². The summed E-state index contributed by atoms with van der Waals surface area (Å²) in [6, 6.07) is 7.54. The van der Waals surface area contributed by atoms with E-state index < -0.39 is 11.4 Å². The molecular weight excluding hydrogens is 325 g/mol. The van der Waals surface area contributed by atoms with Gasteiger partial charge < -0.3 is 10.3 Å². The number of rotatable bonds is 3. The zero-order valence-corrected chi connectivity index (χ0v) is 13.6. The lowest BCUT2D eigenvalue weighted by molar-refractivity contribution is 0.229. The van der Waals surface area contributed by atoms with Gasteiger partial charge in [-0.3, -0.25) is 4.79 Å². The zero-order valence-electron chi connectivity index (χ0n) is 13.6. The van der Waals surface area contributed by atoms with E-state index >= 15 is 0 Å². The third-order valence-corrected chi connectivity index (χ3v) is 4.51. The van der Waals surface area contributed by atoms with Crippen molar-refractivity contribution in [2.45, 2.75) is 31.7 Å². The molecule has 0 bridgehead atoms. The highest BCUT2D eigenvalue weighted by Crippen LogP contribution is 2.37. The van der Waals surface area contributed by atoms with E-state index in [4.69, 9.17) is 10.3 Å². The predicted octanol–water partition coefficient (Wildman–Crippen LogP) is 2.07. The monoisotopic (exact) mass is 341 g/mol. The van der Waals surface area contributed by atoms with Crippen molar-refractivity contribution in [2.24, 2.45) is 5.73 Å². The van der Waals surface area contributed by atoms with Crippen molar-refractivity contribution in [1.29, 1.82) is 0 Å². The molecule has 7 nitrogen and oxygen atoms in total. The normalized spacial score (nSPS) is 15.8. The molecule has 1 aliphatic carbocycles. The summed E-state index contributed by atoms with van der Waals surface area (Å²) in [6.07, 6.45) is 2.54. The summed E-state index contributed by atoms with van der Waals surface area (Å²) in [6.45, 7) is 1.67. The molecule has 0 aliphatic heterocycles. The van der Waals surface area contributed by atoms with Crippen molar-refractivity contribution in [3.63, 3.8) is 0 Å². The van der Waals surface area contributed by atoms with Crippen LogP contribution >= 0.6 is 0 Å². The number of halogens is 1. The van der Waals surface area contributed by atoms with Gasteiger partial charge in [-0.05, 0) is 38.3 Å². The van der Waals surface area contributed by atoms with Crippen molar-refractivity contribution < 1.29 is 8.91 Å². The van der Waals surface area contributed by atoms with Gasteiger partial charge in [0.1, 0.15) is 11.5 Å². The van der Waals surface area contributed by atoms with Gasteiger partial charge >= 0.3 is 0 Å². The van der Waals surface area contributed by atoms with Crippen LogP contribution in [0.3, 0.4) is 0 Å². The molecular formula is C17H16FN5O2. The van der Waals surface area contributed by atoms with E-state index in [0.717, 1.165) is 19.3 Å². The summed E-state index contributed by atoms with van der Waals surface area (Å²) in [7, 11) is 0. The van der Waals surface area contributed by atoms with Gasteiger partial charge in [-0.1, -0.05) is 17.3 Å². The molecule has 128 valence electrons. The fourth-order valence-corrected chi connectivity index (χ4v) is 2.87. The number of nitrogens with two attached hydrogens (primary N) is 1. The molecule has 4 rings (SSSR count). The van der Waals surface area contributed by atoms with Crippen LogP contribution in [0.2, 0.25) is 0 Å². The first-order valence-corrected chi connectivity index (χ1v) is 7.97. The molecule has 0 amide bonds. The molecule has 0 unspecified atom stereocenters. The zero-order chi connectivity index (χ0) is 17.6. The van der Waals surface area contributed by atoms with Crippen LogP contribution in [0.1, 0.15) is 30.8 Å². The first kappa shape index (κ1) is 15.6. The van der Waals surface area contributed by atoms with Crippen LogP contribution in [0.4, 0.5) is 4.39 Å². The fraction of sp³-hybridized carbons (Fsp3) is 0.294. The number of para-hydroxylation sites is 1. The summed E-state index contributed by atoms with van der Waals surface area (Å²) in [4.78, 5) is 16.6. The molecule has 1 saturated carbocycles. The Labute approximate surface area is 142 Å². The molecule has 2 aromatic heterocycles. The van der Waals surface area contributed by atoms with Gasteiger partial charge in [-0.15, -0.1) is 0 Å². The first-order valence-electron chi connectivity index (χ1n) is 7.97. The summed E-state index contributed by atoms with van der Waals surface area (Å²) >= 11 is 0. The Kier molecular flexibility index (Phi) is 3.50. The highest BCUT2D eigenvalue weighted by molar-refractivity contribution is 5.47. The number of benzene rings is 1. The molecule has 8 heteroatoms. The Morgan fingerprint density at radius 1 is 1.32 bits per heavy atom. The smallest absolute Gasteiger partial charge is 0.282 e.